The number of nitrogens with one attached hydrogen (secondary N) is 3. The number of hydrogen-bond acceptors (Lipinski definition) is 5. The maximum atomic E-state index is 12.6. The van der Waals surface area contributed by atoms with Crippen molar-refractivity contribution < 1.29 is 17.9 Å². The van der Waals surface area contributed by atoms with Gasteiger partial charge in [0.05, 0.1) is 4.90 Å². The molecule has 0 spiro atoms. The summed E-state index contributed by atoms with van der Waals surface area (Å²) in [6, 6.07) is 6.22. The number of carbonyl (C=O) groups is 1. The van der Waals surface area contributed by atoms with Gasteiger partial charge in [-0.05, 0) is 69.0 Å². The molecule has 138 valence electrons. The number of methoxy groups -OCH3 is 1. The number of benzene rings is 1. The van der Waals surface area contributed by atoms with Crippen LogP contribution < -0.4 is 15.4 Å². The van der Waals surface area contributed by atoms with Crippen molar-refractivity contribution in [2.75, 3.05) is 32.1 Å². The highest BCUT2D eigenvalue weighted by atomic mass is 32.2. The van der Waals surface area contributed by atoms with Crippen molar-refractivity contribution in [1.82, 2.24) is 10.0 Å². The second-order valence-electron chi connectivity index (χ2n) is 6.72. The van der Waals surface area contributed by atoms with E-state index in [0.29, 0.717) is 31.0 Å². The van der Waals surface area contributed by atoms with Crippen LogP contribution in [-0.4, -0.2) is 46.7 Å². The summed E-state index contributed by atoms with van der Waals surface area (Å²) in [6.45, 7) is 1.95. The summed E-state index contributed by atoms with van der Waals surface area (Å²) in [5.41, 5.74) is -0.275. The highest BCUT2D eigenvalue weighted by Crippen LogP contribution is 2.28. The molecule has 0 radical (unpaired) electrons. The summed E-state index contributed by atoms with van der Waals surface area (Å²) in [7, 11) is -1.95. The Kier molecular flexibility index (Phi) is 5.43. The summed E-state index contributed by atoms with van der Waals surface area (Å²) >= 11 is 0. The fourth-order valence-corrected chi connectivity index (χ4v) is 4.07. The number of amides is 1. The first-order valence-corrected chi connectivity index (χ1v) is 10.1. The Bertz CT molecular complexity index is 708. The molecule has 2 fully saturated rings. The maximum absolute atomic E-state index is 12.6. The van der Waals surface area contributed by atoms with Crippen molar-refractivity contribution in [2.24, 2.45) is 5.92 Å². The molecule has 2 aliphatic rings. The summed E-state index contributed by atoms with van der Waals surface area (Å²) in [4.78, 5) is 12.8. The Morgan fingerprint density at radius 3 is 2.44 bits per heavy atom. The Morgan fingerprint density at radius 2 is 1.88 bits per heavy atom. The third-order valence-corrected chi connectivity index (χ3v) is 6.34. The second-order valence-corrected chi connectivity index (χ2v) is 8.49. The largest absolute Gasteiger partial charge is 0.368 e. The van der Waals surface area contributed by atoms with E-state index in [-0.39, 0.29) is 10.8 Å². The predicted molar refractivity (Wildman–Crippen MR) is 94.8 cm³/mol. The SMILES string of the molecule is COC1(C(=O)Nc2ccc(S(=O)(=O)NCC3CC3)cc2)CCNCC1. The first kappa shape index (κ1) is 18.3. The number of sulfonamides is 1. The van der Waals surface area contributed by atoms with Crippen LogP contribution in [0.3, 0.4) is 0 Å². The molecule has 7 nitrogen and oxygen atoms in total. The molecule has 8 heteroatoms. The molecule has 0 atom stereocenters. The number of ether oxygens (including phenoxy) is 1. The summed E-state index contributed by atoms with van der Waals surface area (Å²) < 4.78 is 32.5. The van der Waals surface area contributed by atoms with Crippen molar-refractivity contribution >= 4 is 21.6 Å². The fourth-order valence-electron chi connectivity index (χ4n) is 2.95. The van der Waals surface area contributed by atoms with E-state index >= 15 is 0 Å². The minimum absolute atomic E-state index is 0.195. The first-order valence-electron chi connectivity index (χ1n) is 8.62. The van der Waals surface area contributed by atoms with Gasteiger partial charge in [0.15, 0.2) is 0 Å². The molecular formula is C17H25N3O4S. The molecule has 3 rings (SSSR count). The fraction of sp³-hybridized carbons (Fsp3) is 0.588. The molecule has 1 heterocycles. The van der Waals surface area contributed by atoms with Crippen molar-refractivity contribution in [2.45, 2.75) is 36.2 Å². The van der Waals surface area contributed by atoms with Gasteiger partial charge >= 0.3 is 0 Å². The number of rotatable bonds is 7. The number of hydrogen-bond donors (Lipinski definition) is 3. The molecular weight excluding hydrogens is 342 g/mol. The summed E-state index contributed by atoms with van der Waals surface area (Å²) in [6.07, 6.45) is 3.38. The molecule has 1 amide bonds. The zero-order valence-corrected chi connectivity index (χ0v) is 15.2. The molecule has 1 aliphatic heterocycles. The number of carbonyl (C=O) groups excluding carboxylic acids is 1. The van der Waals surface area contributed by atoms with E-state index in [9.17, 15) is 13.2 Å². The Hall–Kier alpha value is -1.48. The average Bonchev–Trinajstić information content (AvgIpc) is 3.45. The zero-order chi connectivity index (χ0) is 17.9. The Labute approximate surface area is 148 Å². The normalized spacial score (nSPS) is 20.2. The smallest absolute Gasteiger partial charge is 0.256 e. The number of anilines is 1. The van der Waals surface area contributed by atoms with Gasteiger partial charge in [0.25, 0.3) is 5.91 Å². The number of piperidine rings is 1. The van der Waals surface area contributed by atoms with Gasteiger partial charge in [-0.3, -0.25) is 4.79 Å². The van der Waals surface area contributed by atoms with E-state index in [2.05, 4.69) is 15.4 Å². The van der Waals surface area contributed by atoms with Crippen LogP contribution in [0.25, 0.3) is 0 Å². The standard InChI is InChI=1S/C17H25N3O4S/c1-24-17(8-10-18-11-9-17)16(21)20-14-4-6-15(7-5-14)25(22,23)19-12-13-2-3-13/h4-7,13,18-19H,2-3,8-12H2,1H3,(H,20,21). The molecule has 0 aromatic heterocycles. The quantitative estimate of drug-likeness (QED) is 0.670. The van der Waals surface area contributed by atoms with Gasteiger partial charge in [0.1, 0.15) is 5.60 Å². The average molecular weight is 367 g/mol. The van der Waals surface area contributed by atoms with Crippen molar-refractivity contribution in [3.05, 3.63) is 24.3 Å². The van der Waals surface area contributed by atoms with Crippen LogP contribution in [-0.2, 0) is 19.6 Å². The molecule has 1 saturated carbocycles. The Balaban J connectivity index is 1.64. The van der Waals surface area contributed by atoms with Gasteiger partial charge in [-0.1, -0.05) is 0 Å². The van der Waals surface area contributed by atoms with Gasteiger partial charge < -0.3 is 15.4 Å². The van der Waals surface area contributed by atoms with Crippen LogP contribution in [0.5, 0.6) is 0 Å². The lowest BCUT2D eigenvalue weighted by molar-refractivity contribution is -0.140. The van der Waals surface area contributed by atoms with E-state index in [1.165, 1.54) is 12.1 Å². The van der Waals surface area contributed by atoms with Gasteiger partial charge in [-0.25, -0.2) is 13.1 Å². The van der Waals surface area contributed by atoms with Crippen LogP contribution >= 0.6 is 0 Å². The summed E-state index contributed by atoms with van der Waals surface area (Å²) in [5, 5.41) is 6.04. The van der Waals surface area contributed by atoms with E-state index < -0.39 is 15.6 Å². The van der Waals surface area contributed by atoms with E-state index in [0.717, 1.165) is 25.9 Å². The molecule has 25 heavy (non-hydrogen) atoms. The van der Waals surface area contributed by atoms with Crippen LogP contribution in [0.2, 0.25) is 0 Å². The third-order valence-electron chi connectivity index (χ3n) is 4.90. The lowest BCUT2D eigenvalue weighted by atomic mass is 9.91. The zero-order valence-electron chi connectivity index (χ0n) is 14.4. The third kappa shape index (κ3) is 4.38. The van der Waals surface area contributed by atoms with Gasteiger partial charge in [0, 0.05) is 19.3 Å². The monoisotopic (exact) mass is 367 g/mol. The van der Waals surface area contributed by atoms with Crippen molar-refractivity contribution in [3.63, 3.8) is 0 Å². The van der Waals surface area contributed by atoms with Gasteiger partial charge in [-0.15, -0.1) is 0 Å². The topological polar surface area (TPSA) is 96.5 Å². The molecule has 0 unspecified atom stereocenters. The Morgan fingerprint density at radius 1 is 1.24 bits per heavy atom. The van der Waals surface area contributed by atoms with Crippen LogP contribution in [0, 0.1) is 5.92 Å². The van der Waals surface area contributed by atoms with Crippen molar-refractivity contribution in [3.8, 4) is 0 Å². The predicted octanol–water partition coefficient (Wildman–Crippen LogP) is 1.08. The second kappa shape index (κ2) is 7.41. The van der Waals surface area contributed by atoms with Gasteiger partial charge in [0.2, 0.25) is 10.0 Å². The highest BCUT2D eigenvalue weighted by Gasteiger charge is 2.39. The minimum Gasteiger partial charge on any atom is -0.368 e. The van der Waals surface area contributed by atoms with E-state index in [1.807, 2.05) is 0 Å². The maximum Gasteiger partial charge on any atom is 0.256 e. The lowest BCUT2D eigenvalue weighted by Crippen LogP contribution is -2.51. The summed E-state index contributed by atoms with van der Waals surface area (Å²) in [5.74, 6) is 0.280. The van der Waals surface area contributed by atoms with Crippen molar-refractivity contribution in [1.29, 1.82) is 0 Å². The molecule has 3 N–H and O–H groups in total. The van der Waals surface area contributed by atoms with Gasteiger partial charge in [-0.2, -0.15) is 0 Å². The minimum atomic E-state index is -3.49. The van der Waals surface area contributed by atoms with Crippen LogP contribution in [0.4, 0.5) is 5.69 Å². The molecule has 1 aromatic rings. The lowest BCUT2D eigenvalue weighted by Gasteiger charge is -2.34. The van der Waals surface area contributed by atoms with Crippen LogP contribution in [0.15, 0.2) is 29.2 Å². The first-order chi connectivity index (χ1) is 12.0. The molecule has 1 aliphatic carbocycles. The van der Waals surface area contributed by atoms with E-state index in [4.69, 9.17) is 4.74 Å². The molecule has 1 aromatic carbocycles. The highest BCUT2D eigenvalue weighted by molar-refractivity contribution is 7.89. The van der Waals surface area contributed by atoms with Crippen LogP contribution in [0.1, 0.15) is 25.7 Å². The molecule has 0 bridgehead atoms. The van der Waals surface area contributed by atoms with E-state index in [1.54, 1.807) is 19.2 Å². The molecule has 1 saturated heterocycles.